The van der Waals surface area contributed by atoms with Crippen LogP contribution >= 0.6 is 0 Å². The van der Waals surface area contributed by atoms with Crippen molar-refractivity contribution in [1.29, 1.82) is 0 Å². The standard InChI is InChI=1S/C6H12N2O6S2/c9-15(10,11)3-5(4-16(12,13)14)6-7-1-2-8-6/h5H,1-4H2,(H,7,8)(H,9,10,11)(H,12,13,14). The molecular formula is C6H12N2O6S2. The van der Waals surface area contributed by atoms with Gasteiger partial charge < -0.3 is 5.32 Å². The Labute approximate surface area is 93.3 Å². The second-order valence-corrected chi connectivity index (χ2v) is 6.38. The third-order valence-corrected chi connectivity index (χ3v) is 3.56. The number of amidine groups is 1. The molecule has 3 N–H and O–H groups in total. The monoisotopic (exact) mass is 272 g/mol. The topological polar surface area (TPSA) is 133 Å². The molecule has 0 radical (unpaired) electrons. The molecular weight excluding hydrogens is 260 g/mol. The van der Waals surface area contributed by atoms with Gasteiger partial charge in [0.1, 0.15) is 5.84 Å². The largest absolute Gasteiger partial charge is 0.372 e. The molecule has 0 atom stereocenters. The fourth-order valence-corrected chi connectivity index (χ4v) is 3.12. The number of hydrogen-bond acceptors (Lipinski definition) is 6. The van der Waals surface area contributed by atoms with Crippen molar-refractivity contribution in [2.75, 3.05) is 24.6 Å². The zero-order chi connectivity index (χ0) is 12.4. The minimum atomic E-state index is -4.33. The SMILES string of the molecule is O=S(=O)(O)CC(CS(=O)(=O)O)C1=NCCN1. The molecule has 0 aromatic heterocycles. The van der Waals surface area contributed by atoms with E-state index in [4.69, 9.17) is 9.11 Å². The van der Waals surface area contributed by atoms with Gasteiger partial charge in [-0.3, -0.25) is 14.1 Å². The number of nitrogens with one attached hydrogen (secondary N) is 1. The molecule has 0 unspecified atom stereocenters. The van der Waals surface area contributed by atoms with Gasteiger partial charge in [0.25, 0.3) is 20.2 Å². The highest BCUT2D eigenvalue weighted by Crippen LogP contribution is 2.08. The first-order valence-electron chi connectivity index (χ1n) is 4.36. The van der Waals surface area contributed by atoms with E-state index in [1.165, 1.54) is 0 Å². The van der Waals surface area contributed by atoms with Crippen LogP contribution in [0.5, 0.6) is 0 Å². The van der Waals surface area contributed by atoms with E-state index in [0.717, 1.165) is 0 Å². The van der Waals surface area contributed by atoms with Crippen LogP contribution in [0.1, 0.15) is 0 Å². The molecule has 8 nitrogen and oxygen atoms in total. The molecule has 0 spiro atoms. The van der Waals surface area contributed by atoms with E-state index in [2.05, 4.69) is 10.3 Å². The molecule has 0 aromatic carbocycles. The molecule has 0 bridgehead atoms. The summed E-state index contributed by atoms with van der Waals surface area (Å²) in [7, 11) is -8.66. The number of hydrogen-bond donors (Lipinski definition) is 3. The highest BCUT2D eigenvalue weighted by molar-refractivity contribution is 7.86. The van der Waals surface area contributed by atoms with Gasteiger partial charge in [-0.15, -0.1) is 0 Å². The lowest BCUT2D eigenvalue weighted by atomic mass is 10.2. The number of aliphatic imine (C=N–C) groups is 1. The quantitative estimate of drug-likeness (QED) is 0.512. The lowest BCUT2D eigenvalue weighted by Gasteiger charge is -2.13. The van der Waals surface area contributed by atoms with Crippen molar-refractivity contribution in [3.63, 3.8) is 0 Å². The Kier molecular flexibility index (Phi) is 3.88. The molecule has 1 aliphatic heterocycles. The van der Waals surface area contributed by atoms with Gasteiger partial charge in [-0.2, -0.15) is 16.8 Å². The molecule has 0 saturated heterocycles. The Morgan fingerprint density at radius 1 is 1.19 bits per heavy atom. The average Bonchev–Trinajstić information content (AvgIpc) is 2.47. The molecule has 1 heterocycles. The van der Waals surface area contributed by atoms with Crippen LogP contribution in [0.25, 0.3) is 0 Å². The third-order valence-electron chi connectivity index (χ3n) is 1.91. The molecule has 0 fully saturated rings. The fraction of sp³-hybridized carbons (Fsp3) is 0.833. The van der Waals surface area contributed by atoms with Crippen LogP contribution in [-0.4, -0.2) is 56.4 Å². The first-order chi connectivity index (χ1) is 7.17. The number of nitrogens with zero attached hydrogens (tertiary/aromatic N) is 1. The summed E-state index contributed by atoms with van der Waals surface area (Å²) in [6.45, 7) is 0.881. The lowest BCUT2D eigenvalue weighted by Crippen LogP contribution is -2.36. The normalized spacial score (nSPS) is 17.3. The predicted octanol–water partition coefficient (Wildman–Crippen LogP) is -1.62. The summed E-state index contributed by atoms with van der Waals surface area (Å²) < 4.78 is 60.0. The molecule has 0 amide bonds. The highest BCUT2D eigenvalue weighted by Gasteiger charge is 2.28. The van der Waals surface area contributed by atoms with Gasteiger partial charge in [-0.25, -0.2) is 0 Å². The minimum Gasteiger partial charge on any atom is -0.372 e. The van der Waals surface area contributed by atoms with Gasteiger partial charge in [0.05, 0.1) is 18.1 Å². The maximum Gasteiger partial charge on any atom is 0.265 e. The van der Waals surface area contributed by atoms with E-state index in [-0.39, 0.29) is 5.84 Å². The van der Waals surface area contributed by atoms with Crippen LogP contribution in [0.15, 0.2) is 4.99 Å². The van der Waals surface area contributed by atoms with Crippen LogP contribution in [0, 0.1) is 5.92 Å². The Hall–Kier alpha value is -0.710. The van der Waals surface area contributed by atoms with Gasteiger partial charge in [0, 0.05) is 12.5 Å². The molecule has 0 aromatic rings. The molecule has 0 saturated carbocycles. The summed E-state index contributed by atoms with van der Waals surface area (Å²) in [6, 6.07) is 0. The second-order valence-electron chi connectivity index (χ2n) is 3.39. The first kappa shape index (κ1) is 13.4. The van der Waals surface area contributed by atoms with Crippen molar-refractivity contribution < 1.29 is 25.9 Å². The number of rotatable bonds is 5. The second kappa shape index (κ2) is 4.65. The minimum absolute atomic E-state index is 0.176. The van der Waals surface area contributed by atoms with E-state index in [9.17, 15) is 16.8 Å². The van der Waals surface area contributed by atoms with E-state index in [1.54, 1.807) is 0 Å². The smallest absolute Gasteiger partial charge is 0.265 e. The molecule has 94 valence electrons. The van der Waals surface area contributed by atoms with Crippen LogP contribution in [-0.2, 0) is 20.2 Å². The molecule has 1 aliphatic rings. The van der Waals surface area contributed by atoms with Crippen LogP contribution in [0.3, 0.4) is 0 Å². The van der Waals surface area contributed by atoms with Crippen molar-refractivity contribution in [3.8, 4) is 0 Å². The predicted molar refractivity (Wildman–Crippen MR) is 56.6 cm³/mol. The molecule has 0 aliphatic carbocycles. The average molecular weight is 272 g/mol. The van der Waals surface area contributed by atoms with Gasteiger partial charge >= 0.3 is 0 Å². The molecule has 10 heteroatoms. The van der Waals surface area contributed by atoms with Gasteiger partial charge in [-0.05, 0) is 0 Å². The van der Waals surface area contributed by atoms with Gasteiger partial charge in [0.15, 0.2) is 0 Å². The van der Waals surface area contributed by atoms with E-state index >= 15 is 0 Å². The van der Waals surface area contributed by atoms with Crippen LogP contribution in [0.4, 0.5) is 0 Å². The van der Waals surface area contributed by atoms with Crippen LogP contribution < -0.4 is 5.32 Å². The van der Waals surface area contributed by atoms with E-state index < -0.39 is 37.7 Å². The maximum atomic E-state index is 10.7. The molecule has 16 heavy (non-hydrogen) atoms. The van der Waals surface area contributed by atoms with E-state index in [0.29, 0.717) is 13.1 Å². The highest BCUT2D eigenvalue weighted by atomic mass is 32.2. The zero-order valence-electron chi connectivity index (χ0n) is 8.20. The summed E-state index contributed by atoms with van der Waals surface area (Å²) >= 11 is 0. The summed E-state index contributed by atoms with van der Waals surface area (Å²) in [4.78, 5) is 3.86. The van der Waals surface area contributed by atoms with Crippen molar-refractivity contribution in [2.24, 2.45) is 10.9 Å². The van der Waals surface area contributed by atoms with Gasteiger partial charge in [0.2, 0.25) is 0 Å². The summed E-state index contributed by atoms with van der Waals surface area (Å²) in [5, 5.41) is 2.70. The zero-order valence-corrected chi connectivity index (χ0v) is 9.83. The fourth-order valence-electron chi connectivity index (χ4n) is 1.40. The lowest BCUT2D eigenvalue weighted by molar-refractivity contribution is 0.469. The Morgan fingerprint density at radius 3 is 2.00 bits per heavy atom. The summed E-state index contributed by atoms with van der Waals surface area (Å²) in [5.41, 5.74) is 0. The van der Waals surface area contributed by atoms with Gasteiger partial charge in [-0.1, -0.05) is 0 Å². The van der Waals surface area contributed by atoms with Crippen molar-refractivity contribution in [3.05, 3.63) is 0 Å². The van der Waals surface area contributed by atoms with E-state index in [1.807, 2.05) is 0 Å². The van der Waals surface area contributed by atoms with Crippen LogP contribution in [0.2, 0.25) is 0 Å². The maximum absolute atomic E-state index is 10.7. The first-order valence-corrected chi connectivity index (χ1v) is 7.58. The summed E-state index contributed by atoms with van der Waals surface area (Å²) in [5.74, 6) is -2.49. The third kappa shape index (κ3) is 4.88. The Balaban J connectivity index is 2.85. The summed E-state index contributed by atoms with van der Waals surface area (Å²) in [6.07, 6.45) is 0. The Morgan fingerprint density at radius 2 is 1.69 bits per heavy atom. The van der Waals surface area contributed by atoms with Crippen molar-refractivity contribution in [2.45, 2.75) is 0 Å². The van der Waals surface area contributed by atoms with Crippen molar-refractivity contribution in [1.82, 2.24) is 5.32 Å². The molecule has 1 rings (SSSR count). The van der Waals surface area contributed by atoms with Crippen molar-refractivity contribution >= 4 is 26.1 Å². The Bertz CT molecular complexity index is 445.